The van der Waals surface area contributed by atoms with Crippen LogP contribution in [0.15, 0.2) is 29.2 Å². The first-order chi connectivity index (χ1) is 8.40. The smallest absolute Gasteiger partial charge is 0.337 e. The normalized spacial score (nSPS) is 13.1. The van der Waals surface area contributed by atoms with E-state index in [4.69, 9.17) is 5.11 Å². The maximum absolute atomic E-state index is 11.8. The lowest BCUT2D eigenvalue weighted by atomic mass is 10.2. The molecule has 1 rings (SSSR count). The fourth-order valence-electron chi connectivity index (χ4n) is 1.26. The fourth-order valence-corrected chi connectivity index (χ4v) is 2.49. The third-order valence-corrected chi connectivity index (χ3v) is 3.82. The highest BCUT2D eigenvalue weighted by Crippen LogP contribution is 2.11. The highest BCUT2D eigenvalue weighted by atomic mass is 32.2. The van der Waals surface area contributed by atoms with Crippen molar-refractivity contribution in [2.75, 3.05) is 13.7 Å². The molecule has 0 aliphatic rings. The summed E-state index contributed by atoms with van der Waals surface area (Å²) in [6, 6.07) is 4.76. The van der Waals surface area contributed by atoms with Crippen LogP contribution in [0.25, 0.3) is 0 Å². The molecule has 0 saturated carbocycles. The van der Waals surface area contributed by atoms with Crippen molar-refractivity contribution in [3.8, 4) is 0 Å². The number of aliphatic hydroxyl groups is 1. The first-order valence-corrected chi connectivity index (χ1v) is 6.70. The number of aliphatic hydroxyl groups excluding tert-OH is 1. The molecule has 100 valence electrons. The second-order valence-corrected chi connectivity index (χ2v) is 5.43. The Kier molecular flexibility index (Phi) is 4.83. The fraction of sp³-hybridized carbons (Fsp3) is 0.364. The van der Waals surface area contributed by atoms with Crippen molar-refractivity contribution in [3.05, 3.63) is 29.8 Å². The highest BCUT2D eigenvalue weighted by molar-refractivity contribution is 7.89. The molecule has 0 bridgehead atoms. The second kappa shape index (κ2) is 5.94. The number of sulfonamides is 1. The van der Waals surface area contributed by atoms with E-state index in [0.29, 0.717) is 0 Å². The Bertz CT molecular complexity index is 509. The van der Waals surface area contributed by atoms with Crippen molar-refractivity contribution >= 4 is 16.0 Å². The number of carbonyl (C=O) groups excluding carboxylic acids is 1. The molecule has 2 N–H and O–H groups in total. The Hall–Kier alpha value is -1.44. The summed E-state index contributed by atoms with van der Waals surface area (Å²) in [6.45, 7) is 1.25. The minimum absolute atomic E-state index is 0.0236. The molecule has 1 atom stereocenters. The maximum atomic E-state index is 11.8. The summed E-state index contributed by atoms with van der Waals surface area (Å²) in [5.41, 5.74) is 0.270. The summed E-state index contributed by atoms with van der Waals surface area (Å²) in [7, 11) is -2.44. The summed E-state index contributed by atoms with van der Waals surface area (Å²) in [4.78, 5) is 11.2. The zero-order valence-corrected chi connectivity index (χ0v) is 10.9. The van der Waals surface area contributed by atoms with E-state index >= 15 is 0 Å². The summed E-state index contributed by atoms with van der Waals surface area (Å²) in [5.74, 6) is -0.532. The molecule has 18 heavy (non-hydrogen) atoms. The van der Waals surface area contributed by atoms with Gasteiger partial charge in [0.1, 0.15) is 0 Å². The number of rotatable bonds is 5. The molecule has 0 saturated heterocycles. The SMILES string of the molecule is COC(=O)c1ccc(S(=O)(=O)N[C@@H](C)CO)cc1. The average Bonchev–Trinajstić information content (AvgIpc) is 2.37. The van der Waals surface area contributed by atoms with E-state index in [1.165, 1.54) is 31.4 Å². The summed E-state index contributed by atoms with van der Waals surface area (Å²) < 4.78 is 30.4. The number of carbonyl (C=O) groups is 1. The molecular weight excluding hydrogens is 258 g/mol. The summed E-state index contributed by atoms with van der Waals surface area (Å²) in [6.07, 6.45) is 0. The van der Waals surface area contributed by atoms with E-state index in [-0.39, 0.29) is 17.1 Å². The van der Waals surface area contributed by atoms with E-state index in [0.717, 1.165) is 0 Å². The zero-order chi connectivity index (χ0) is 13.8. The van der Waals surface area contributed by atoms with Gasteiger partial charge in [-0.2, -0.15) is 0 Å². The van der Waals surface area contributed by atoms with Crippen molar-refractivity contribution in [2.45, 2.75) is 17.9 Å². The van der Waals surface area contributed by atoms with Crippen LogP contribution in [0.4, 0.5) is 0 Å². The Balaban J connectivity index is 2.94. The molecule has 1 aromatic rings. The van der Waals surface area contributed by atoms with Gasteiger partial charge in [0.2, 0.25) is 10.0 Å². The topological polar surface area (TPSA) is 92.7 Å². The van der Waals surface area contributed by atoms with Crippen LogP contribution >= 0.6 is 0 Å². The first kappa shape index (κ1) is 14.6. The van der Waals surface area contributed by atoms with E-state index in [9.17, 15) is 13.2 Å². The van der Waals surface area contributed by atoms with Gasteiger partial charge in [0, 0.05) is 6.04 Å². The Morgan fingerprint density at radius 1 is 1.39 bits per heavy atom. The van der Waals surface area contributed by atoms with Crippen molar-refractivity contribution in [1.29, 1.82) is 0 Å². The van der Waals surface area contributed by atoms with Crippen LogP contribution in [0.2, 0.25) is 0 Å². The molecule has 0 aromatic heterocycles. The minimum atomic E-state index is -3.68. The van der Waals surface area contributed by atoms with Gasteiger partial charge in [0.15, 0.2) is 0 Å². The molecule has 0 spiro atoms. The summed E-state index contributed by atoms with van der Waals surface area (Å²) >= 11 is 0. The number of ether oxygens (including phenoxy) is 1. The predicted molar refractivity (Wildman–Crippen MR) is 64.7 cm³/mol. The summed E-state index contributed by atoms with van der Waals surface area (Å²) in [5, 5.41) is 8.81. The van der Waals surface area contributed by atoms with Gasteiger partial charge < -0.3 is 9.84 Å². The van der Waals surface area contributed by atoms with Crippen molar-refractivity contribution in [2.24, 2.45) is 0 Å². The second-order valence-electron chi connectivity index (χ2n) is 3.72. The molecule has 0 aliphatic carbocycles. The largest absolute Gasteiger partial charge is 0.465 e. The lowest BCUT2D eigenvalue weighted by Crippen LogP contribution is -2.34. The van der Waals surface area contributed by atoms with Crippen LogP contribution in [-0.2, 0) is 14.8 Å². The monoisotopic (exact) mass is 273 g/mol. The van der Waals surface area contributed by atoms with Gasteiger partial charge in [-0.05, 0) is 31.2 Å². The lowest BCUT2D eigenvalue weighted by molar-refractivity contribution is 0.0600. The van der Waals surface area contributed by atoms with Gasteiger partial charge in [-0.1, -0.05) is 0 Å². The van der Waals surface area contributed by atoms with E-state index in [1.807, 2.05) is 0 Å². The van der Waals surface area contributed by atoms with Crippen LogP contribution in [0.5, 0.6) is 0 Å². The van der Waals surface area contributed by atoms with Gasteiger partial charge in [-0.3, -0.25) is 0 Å². The van der Waals surface area contributed by atoms with Crippen LogP contribution in [0.1, 0.15) is 17.3 Å². The number of methoxy groups -OCH3 is 1. The molecular formula is C11H15NO5S. The average molecular weight is 273 g/mol. The predicted octanol–water partition coefficient (Wildman–Crippen LogP) is 0.132. The zero-order valence-electron chi connectivity index (χ0n) is 10.1. The molecule has 6 nitrogen and oxygen atoms in total. The van der Waals surface area contributed by atoms with E-state index in [1.54, 1.807) is 6.92 Å². The van der Waals surface area contributed by atoms with Crippen LogP contribution in [0.3, 0.4) is 0 Å². The van der Waals surface area contributed by atoms with Gasteiger partial charge in [-0.15, -0.1) is 0 Å². The van der Waals surface area contributed by atoms with E-state index < -0.39 is 22.0 Å². The Morgan fingerprint density at radius 2 is 1.94 bits per heavy atom. The third-order valence-electron chi connectivity index (χ3n) is 2.22. The van der Waals surface area contributed by atoms with Crippen LogP contribution in [-0.4, -0.2) is 39.3 Å². The highest BCUT2D eigenvalue weighted by Gasteiger charge is 2.17. The maximum Gasteiger partial charge on any atom is 0.337 e. The minimum Gasteiger partial charge on any atom is -0.465 e. The van der Waals surface area contributed by atoms with Crippen molar-refractivity contribution in [1.82, 2.24) is 4.72 Å². The number of esters is 1. The number of nitrogens with one attached hydrogen (secondary N) is 1. The van der Waals surface area contributed by atoms with Crippen LogP contribution < -0.4 is 4.72 Å². The van der Waals surface area contributed by atoms with Crippen molar-refractivity contribution < 1.29 is 23.1 Å². The Labute approximate surface area is 106 Å². The number of benzene rings is 1. The quantitative estimate of drug-likeness (QED) is 0.744. The van der Waals surface area contributed by atoms with E-state index in [2.05, 4.69) is 9.46 Å². The molecule has 0 aliphatic heterocycles. The number of hydrogen-bond acceptors (Lipinski definition) is 5. The number of hydrogen-bond donors (Lipinski definition) is 2. The van der Waals surface area contributed by atoms with Crippen LogP contribution in [0, 0.1) is 0 Å². The van der Waals surface area contributed by atoms with Gasteiger partial charge in [-0.25, -0.2) is 17.9 Å². The van der Waals surface area contributed by atoms with Gasteiger partial charge in [0.05, 0.1) is 24.2 Å². The Morgan fingerprint density at radius 3 is 2.39 bits per heavy atom. The third kappa shape index (κ3) is 3.52. The van der Waals surface area contributed by atoms with Gasteiger partial charge >= 0.3 is 5.97 Å². The lowest BCUT2D eigenvalue weighted by Gasteiger charge is -2.11. The molecule has 0 heterocycles. The molecule has 1 aromatic carbocycles. The molecule has 0 fully saturated rings. The molecule has 0 amide bonds. The van der Waals surface area contributed by atoms with Crippen molar-refractivity contribution in [3.63, 3.8) is 0 Å². The molecule has 0 unspecified atom stereocenters. The standard InChI is InChI=1S/C11H15NO5S/c1-8(7-13)12-18(15,16)10-5-3-9(4-6-10)11(14)17-2/h3-6,8,12-13H,7H2,1-2H3/t8-/m0/s1. The van der Waals surface area contributed by atoms with Gasteiger partial charge in [0.25, 0.3) is 0 Å². The molecule has 0 radical (unpaired) electrons. The first-order valence-electron chi connectivity index (χ1n) is 5.22. The molecule has 7 heteroatoms.